The molecule has 2 aromatic heterocycles. The molecule has 288 valence electrons. The topological polar surface area (TPSA) is 3.24 Å². The summed E-state index contributed by atoms with van der Waals surface area (Å²) in [5.74, 6) is 0. The number of nitrogens with zero attached hydrogens (tertiary/aromatic N) is 1. The minimum atomic E-state index is -0.421. The highest BCUT2D eigenvalue weighted by Gasteiger charge is 2.53. The molecule has 3 heteroatoms. The molecule has 0 unspecified atom stereocenters. The molecule has 9 aromatic carbocycles. The molecule has 61 heavy (non-hydrogen) atoms. The summed E-state index contributed by atoms with van der Waals surface area (Å²) in [5, 5.41) is 5.23. The molecule has 1 spiro atoms. The molecule has 0 amide bonds. The maximum Gasteiger partial charge on any atom is 0.0719 e. The first-order chi connectivity index (χ1) is 30.0. The van der Waals surface area contributed by atoms with Crippen molar-refractivity contribution in [1.82, 2.24) is 0 Å². The van der Waals surface area contributed by atoms with Gasteiger partial charge in [-0.25, -0.2) is 0 Å². The highest BCUT2D eigenvalue weighted by Crippen LogP contribution is 2.62. The summed E-state index contributed by atoms with van der Waals surface area (Å²) in [6.45, 7) is 4.78. The SMILES string of the molecule is CC1(C)c2ccccc2C2(c3ccccc3-c3ccc(-c4ccc(N(c5ccc6c(c5)sc5ccccc56)c5cccc6c5sc5ccccc56)cc4)cc32)c2ccccc21. The van der Waals surface area contributed by atoms with Crippen molar-refractivity contribution in [1.29, 1.82) is 0 Å². The number of fused-ring (bicyclic) bond motifs is 15. The van der Waals surface area contributed by atoms with Crippen molar-refractivity contribution in [3.05, 3.63) is 234 Å². The molecule has 0 aliphatic heterocycles. The van der Waals surface area contributed by atoms with Crippen molar-refractivity contribution in [3.63, 3.8) is 0 Å². The molecule has 0 atom stereocenters. The Morgan fingerprint density at radius 1 is 0.361 bits per heavy atom. The summed E-state index contributed by atoms with van der Waals surface area (Å²) < 4.78 is 5.22. The Kier molecular flexibility index (Phi) is 7.38. The highest BCUT2D eigenvalue weighted by atomic mass is 32.1. The second-order valence-electron chi connectivity index (χ2n) is 17.2. The Hall–Kier alpha value is -6.78. The van der Waals surface area contributed by atoms with Crippen molar-refractivity contribution < 1.29 is 0 Å². The normalized spacial score (nSPS) is 14.3. The van der Waals surface area contributed by atoms with Crippen LogP contribution in [0.1, 0.15) is 47.2 Å². The fourth-order valence-electron chi connectivity index (χ4n) is 11.0. The summed E-state index contributed by atoms with van der Waals surface area (Å²) in [4.78, 5) is 2.47. The van der Waals surface area contributed by atoms with E-state index in [0.29, 0.717) is 0 Å². The van der Waals surface area contributed by atoms with E-state index in [1.807, 2.05) is 22.7 Å². The van der Waals surface area contributed by atoms with E-state index in [0.717, 1.165) is 11.4 Å². The number of anilines is 3. The molecule has 13 rings (SSSR count). The van der Waals surface area contributed by atoms with Crippen LogP contribution < -0.4 is 4.90 Å². The minimum absolute atomic E-state index is 0.128. The van der Waals surface area contributed by atoms with Crippen LogP contribution in [-0.2, 0) is 10.8 Å². The quantitative estimate of drug-likeness (QED) is 0.171. The Morgan fingerprint density at radius 3 is 1.64 bits per heavy atom. The summed E-state index contributed by atoms with van der Waals surface area (Å²) >= 11 is 3.75. The van der Waals surface area contributed by atoms with Gasteiger partial charge in [0.2, 0.25) is 0 Å². The summed E-state index contributed by atoms with van der Waals surface area (Å²) in [5.41, 5.74) is 16.3. The van der Waals surface area contributed by atoms with E-state index in [1.54, 1.807) is 0 Å². The van der Waals surface area contributed by atoms with Gasteiger partial charge in [0.15, 0.2) is 0 Å². The smallest absolute Gasteiger partial charge is 0.0719 e. The van der Waals surface area contributed by atoms with Crippen LogP contribution in [-0.4, -0.2) is 0 Å². The van der Waals surface area contributed by atoms with Crippen LogP contribution in [0.3, 0.4) is 0 Å². The third-order valence-electron chi connectivity index (χ3n) is 13.8. The van der Waals surface area contributed by atoms with Crippen LogP contribution in [0.15, 0.2) is 200 Å². The van der Waals surface area contributed by atoms with Gasteiger partial charge in [-0.05, 0) is 104 Å². The number of thiophene rings is 2. The predicted octanol–water partition coefficient (Wildman–Crippen LogP) is 16.6. The van der Waals surface area contributed by atoms with Gasteiger partial charge in [0, 0.05) is 52.4 Å². The molecule has 0 radical (unpaired) electrons. The van der Waals surface area contributed by atoms with Crippen LogP contribution in [0.25, 0.3) is 62.6 Å². The zero-order valence-electron chi connectivity index (χ0n) is 33.8. The lowest BCUT2D eigenvalue weighted by atomic mass is 9.55. The van der Waals surface area contributed by atoms with Gasteiger partial charge in [-0.3, -0.25) is 0 Å². The minimum Gasteiger partial charge on any atom is -0.309 e. The second-order valence-corrected chi connectivity index (χ2v) is 19.3. The number of hydrogen-bond donors (Lipinski definition) is 0. The van der Waals surface area contributed by atoms with Gasteiger partial charge >= 0.3 is 0 Å². The van der Waals surface area contributed by atoms with Crippen LogP contribution in [0.2, 0.25) is 0 Å². The molecule has 2 aliphatic carbocycles. The molecule has 11 aromatic rings. The van der Waals surface area contributed by atoms with E-state index in [2.05, 4.69) is 219 Å². The van der Waals surface area contributed by atoms with E-state index in [4.69, 9.17) is 0 Å². The molecular formula is C58H39NS2. The van der Waals surface area contributed by atoms with E-state index in [9.17, 15) is 0 Å². The van der Waals surface area contributed by atoms with Crippen molar-refractivity contribution in [2.45, 2.75) is 24.7 Å². The Balaban J connectivity index is 0.989. The van der Waals surface area contributed by atoms with Crippen LogP contribution in [0, 0.1) is 0 Å². The Morgan fingerprint density at radius 2 is 0.902 bits per heavy atom. The number of hydrogen-bond acceptors (Lipinski definition) is 3. The van der Waals surface area contributed by atoms with E-state index in [-0.39, 0.29) is 5.41 Å². The number of benzene rings is 9. The van der Waals surface area contributed by atoms with Gasteiger partial charge in [0.1, 0.15) is 0 Å². The second kappa shape index (κ2) is 12.9. The third kappa shape index (κ3) is 4.82. The predicted molar refractivity (Wildman–Crippen MR) is 262 cm³/mol. The Bertz CT molecular complexity index is 3530. The molecule has 0 bridgehead atoms. The molecule has 2 aliphatic rings. The van der Waals surface area contributed by atoms with Crippen LogP contribution in [0.4, 0.5) is 17.1 Å². The average molecular weight is 814 g/mol. The van der Waals surface area contributed by atoms with Gasteiger partial charge in [-0.2, -0.15) is 0 Å². The van der Waals surface area contributed by atoms with E-state index >= 15 is 0 Å². The van der Waals surface area contributed by atoms with Crippen molar-refractivity contribution in [3.8, 4) is 22.3 Å². The number of rotatable bonds is 4. The molecular weight excluding hydrogens is 775 g/mol. The average Bonchev–Trinajstić information content (AvgIpc) is 3.97. The van der Waals surface area contributed by atoms with Crippen LogP contribution >= 0.6 is 22.7 Å². The van der Waals surface area contributed by atoms with Gasteiger partial charge in [-0.15, -0.1) is 22.7 Å². The standard InChI is InChI=1S/C58H39NS2/c1-57(2)47-19-7-9-21-49(47)58(50-22-10-8-20-48(50)57)46-18-6-3-14-40(46)41-32-28-37(34-51(41)58)36-26-29-38(30-27-36)59(39-31-33-44-42-15-4-11-24-53(42)60-55(44)35-39)52-23-13-17-45-43-16-5-12-25-54(43)61-56(45)52/h3-35H,1-2H3. The van der Waals surface area contributed by atoms with E-state index in [1.165, 1.54) is 102 Å². The fourth-order valence-corrected chi connectivity index (χ4v) is 13.4. The molecule has 2 heterocycles. The van der Waals surface area contributed by atoms with Crippen molar-refractivity contribution >= 4 is 80.1 Å². The lowest BCUT2D eigenvalue weighted by Gasteiger charge is -2.46. The van der Waals surface area contributed by atoms with Gasteiger partial charge in [-0.1, -0.05) is 166 Å². The maximum absolute atomic E-state index is 2.50. The van der Waals surface area contributed by atoms with Gasteiger partial charge < -0.3 is 4.90 Å². The lowest BCUT2D eigenvalue weighted by molar-refractivity contribution is 0.563. The first kappa shape index (κ1) is 35.0. The third-order valence-corrected chi connectivity index (χ3v) is 16.1. The van der Waals surface area contributed by atoms with Gasteiger partial charge in [0.25, 0.3) is 0 Å². The first-order valence-corrected chi connectivity index (χ1v) is 22.8. The molecule has 0 N–H and O–H groups in total. The zero-order valence-corrected chi connectivity index (χ0v) is 35.4. The fraction of sp³-hybridized carbons (Fsp3) is 0.0690. The summed E-state index contributed by atoms with van der Waals surface area (Å²) in [7, 11) is 0. The first-order valence-electron chi connectivity index (χ1n) is 21.2. The highest BCUT2D eigenvalue weighted by molar-refractivity contribution is 7.26. The molecule has 0 saturated heterocycles. The largest absolute Gasteiger partial charge is 0.309 e. The van der Waals surface area contributed by atoms with E-state index < -0.39 is 5.41 Å². The maximum atomic E-state index is 2.50. The van der Waals surface area contributed by atoms with Gasteiger partial charge in [0.05, 0.1) is 15.8 Å². The summed E-state index contributed by atoms with van der Waals surface area (Å²) in [6.07, 6.45) is 0. The monoisotopic (exact) mass is 813 g/mol. The van der Waals surface area contributed by atoms with Crippen molar-refractivity contribution in [2.24, 2.45) is 0 Å². The van der Waals surface area contributed by atoms with Crippen molar-refractivity contribution in [2.75, 3.05) is 4.90 Å². The van der Waals surface area contributed by atoms with Crippen LogP contribution in [0.5, 0.6) is 0 Å². The molecule has 0 fully saturated rings. The Labute approximate surface area is 363 Å². The zero-order chi connectivity index (χ0) is 40.5. The summed E-state index contributed by atoms with van der Waals surface area (Å²) in [6, 6.07) is 75.4. The lowest BCUT2D eigenvalue weighted by Crippen LogP contribution is -2.40. The molecule has 1 nitrogen and oxygen atoms in total. The molecule has 0 saturated carbocycles.